The van der Waals surface area contributed by atoms with Gasteiger partial charge in [-0.25, -0.2) is 4.39 Å². The molecule has 19 heavy (non-hydrogen) atoms. The first kappa shape index (κ1) is 14.2. The molecule has 1 N–H and O–H groups in total. The van der Waals surface area contributed by atoms with E-state index in [4.69, 9.17) is 23.2 Å². The second kappa shape index (κ2) is 6.78. The minimum Gasteiger partial charge on any atom is -0.381 e. The summed E-state index contributed by atoms with van der Waals surface area (Å²) in [5, 5.41) is 3.38. The van der Waals surface area contributed by atoms with E-state index >= 15 is 0 Å². The molecule has 0 aliphatic heterocycles. The van der Waals surface area contributed by atoms with Gasteiger partial charge in [0.15, 0.2) is 0 Å². The van der Waals surface area contributed by atoms with Gasteiger partial charge in [-0.05, 0) is 41.8 Å². The van der Waals surface area contributed by atoms with Crippen molar-refractivity contribution in [1.29, 1.82) is 0 Å². The minimum absolute atomic E-state index is 0.147. The Labute approximate surface area is 122 Å². The Morgan fingerprint density at radius 1 is 1.00 bits per heavy atom. The van der Waals surface area contributed by atoms with Crippen LogP contribution >= 0.6 is 23.2 Å². The fourth-order valence-electron chi connectivity index (χ4n) is 1.75. The van der Waals surface area contributed by atoms with Gasteiger partial charge in [0.05, 0.1) is 5.02 Å². The second-order valence-electron chi connectivity index (χ2n) is 4.24. The molecule has 0 aliphatic rings. The van der Waals surface area contributed by atoms with Gasteiger partial charge >= 0.3 is 0 Å². The maximum Gasteiger partial charge on any atom is 0.142 e. The zero-order valence-corrected chi connectivity index (χ0v) is 11.8. The summed E-state index contributed by atoms with van der Waals surface area (Å²) in [6.07, 6.45) is 0.865. The van der Waals surface area contributed by atoms with Crippen molar-refractivity contribution < 1.29 is 4.39 Å². The van der Waals surface area contributed by atoms with Crippen molar-refractivity contribution in [1.82, 2.24) is 0 Å². The summed E-state index contributed by atoms with van der Waals surface area (Å²) in [5.41, 5.74) is 3.05. The Balaban J connectivity index is 1.96. The van der Waals surface area contributed by atoms with E-state index in [1.54, 1.807) is 12.1 Å². The summed E-state index contributed by atoms with van der Waals surface area (Å²) in [7, 11) is 0. The molecule has 0 bridgehead atoms. The van der Waals surface area contributed by atoms with Crippen molar-refractivity contribution in [3.8, 4) is 0 Å². The Morgan fingerprint density at radius 3 is 2.32 bits per heavy atom. The second-order valence-corrected chi connectivity index (χ2v) is 5.02. The maximum absolute atomic E-state index is 13.3. The lowest BCUT2D eigenvalue weighted by molar-refractivity contribution is 0.626. The van der Waals surface area contributed by atoms with Crippen LogP contribution in [0.15, 0.2) is 42.5 Å². The van der Waals surface area contributed by atoms with Gasteiger partial charge in [-0.15, -0.1) is 11.6 Å². The van der Waals surface area contributed by atoms with Gasteiger partial charge in [-0.3, -0.25) is 0 Å². The van der Waals surface area contributed by atoms with Crippen LogP contribution in [0.2, 0.25) is 5.02 Å². The van der Waals surface area contributed by atoms with E-state index in [-0.39, 0.29) is 5.02 Å². The molecule has 0 fully saturated rings. The van der Waals surface area contributed by atoms with E-state index in [9.17, 15) is 4.39 Å². The lowest BCUT2D eigenvalue weighted by atomic mass is 10.1. The van der Waals surface area contributed by atoms with E-state index in [0.717, 1.165) is 17.7 Å². The average molecular weight is 298 g/mol. The Kier molecular flexibility index (Phi) is 5.06. The van der Waals surface area contributed by atoms with Crippen LogP contribution in [0.3, 0.4) is 0 Å². The predicted molar refractivity (Wildman–Crippen MR) is 79.6 cm³/mol. The fourth-order valence-corrected chi connectivity index (χ4v) is 2.09. The first-order valence-electron chi connectivity index (χ1n) is 6.02. The molecule has 0 atom stereocenters. The summed E-state index contributed by atoms with van der Waals surface area (Å²) >= 11 is 11.3. The number of aryl methyl sites for hydroxylation is 1. The average Bonchev–Trinajstić information content (AvgIpc) is 2.42. The van der Waals surface area contributed by atoms with Gasteiger partial charge in [-0.2, -0.15) is 0 Å². The van der Waals surface area contributed by atoms with Crippen LogP contribution in [-0.2, 0) is 13.0 Å². The third-order valence-electron chi connectivity index (χ3n) is 2.82. The number of halogens is 3. The Morgan fingerprint density at radius 2 is 1.68 bits per heavy atom. The summed E-state index contributed by atoms with van der Waals surface area (Å²) < 4.78 is 13.3. The molecule has 0 amide bonds. The van der Waals surface area contributed by atoms with Crippen molar-refractivity contribution in [3.05, 3.63) is 64.4 Å². The summed E-state index contributed by atoms with van der Waals surface area (Å²) in [5.74, 6) is 0.232. The van der Waals surface area contributed by atoms with Gasteiger partial charge < -0.3 is 5.32 Å². The third kappa shape index (κ3) is 4.12. The topological polar surface area (TPSA) is 12.0 Å². The molecule has 0 aromatic heterocycles. The zero-order valence-electron chi connectivity index (χ0n) is 10.3. The quantitative estimate of drug-likeness (QED) is 0.776. The lowest BCUT2D eigenvalue weighted by Crippen LogP contribution is -2.00. The number of rotatable bonds is 5. The van der Waals surface area contributed by atoms with Crippen LogP contribution in [0, 0.1) is 5.82 Å². The molecule has 2 aromatic rings. The van der Waals surface area contributed by atoms with Gasteiger partial charge in [0.1, 0.15) is 5.82 Å². The highest BCUT2D eigenvalue weighted by molar-refractivity contribution is 6.30. The number of anilines is 1. The van der Waals surface area contributed by atoms with Gasteiger partial charge in [-0.1, -0.05) is 29.8 Å². The highest BCUT2D eigenvalue weighted by Crippen LogP contribution is 2.17. The van der Waals surface area contributed by atoms with Crippen LogP contribution < -0.4 is 5.32 Å². The smallest absolute Gasteiger partial charge is 0.142 e. The molecule has 0 aliphatic carbocycles. The van der Waals surface area contributed by atoms with E-state index in [1.165, 1.54) is 11.6 Å². The third-order valence-corrected chi connectivity index (χ3v) is 3.31. The van der Waals surface area contributed by atoms with Crippen LogP contribution in [-0.4, -0.2) is 5.88 Å². The van der Waals surface area contributed by atoms with Crippen molar-refractivity contribution >= 4 is 28.9 Å². The molecule has 0 unspecified atom stereocenters. The fraction of sp³-hybridized carbons (Fsp3) is 0.200. The van der Waals surface area contributed by atoms with E-state index in [0.29, 0.717) is 12.4 Å². The minimum atomic E-state index is -0.390. The molecule has 100 valence electrons. The van der Waals surface area contributed by atoms with E-state index in [1.807, 2.05) is 24.3 Å². The first-order valence-corrected chi connectivity index (χ1v) is 6.93. The highest BCUT2D eigenvalue weighted by Gasteiger charge is 2.01. The van der Waals surface area contributed by atoms with E-state index < -0.39 is 5.82 Å². The number of benzene rings is 2. The SMILES string of the molecule is Fc1cc(CNc2ccc(CCCl)cc2)ccc1Cl. The first-order chi connectivity index (χ1) is 9.19. The van der Waals surface area contributed by atoms with Gasteiger partial charge in [0.2, 0.25) is 0 Å². The molecule has 0 heterocycles. The molecule has 2 rings (SSSR count). The number of hydrogen-bond acceptors (Lipinski definition) is 1. The van der Waals surface area contributed by atoms with E-state index in [2.05, 4.69) is 5.32 Å². The largest absolute Gasteiger partial charge is 0.381 e. The number of hydrogen-bond donors (Lipinski definition) is 1. The van der Waals surface area contributed by atoms with Crippen molar-refractivity contribution in [2.45, 2.75) is 13.0 Å². The summed E-state index contributed by atoms with van der Waals surface area (Å²) in [6.45, 7) is 0.558. The molecule has 0 saturated heterocycles. The summed E-state index contributed by atoms with van der Waals surface area (Å²) in [6, 6.07) is 12.9. The van der Waals surface area contributed by atoms with Crippen molar-refractivity contribution in [2.75, 3.05) is 11.2 Å². The molecule has 2 aromatic carbocycles. The number of nitrogens with one attached hydrogen (secondary N) is 1. The Bertz CT molecular complexity index is 540. The molecule has 0 spiro atoms. The normalized spacial score (nSPS) is 10.5. The number of alkyl halides is 1. The lowest BCUT2D eigenvalue weighted by Gasteiger charge is -2.08. The predicted octanol–water partition coefficient (Wildman–Crippen LogP) is 4.87. The van der Waals surface area contributed by atoms with Crippen LogP contribution in [0.25, 0.3) is 0 Å². The maximum atomic E-state index is 13.3. The molecule has 4 heteroatoms. The van der Waals surface area contributed by atoms with Crippen molar-refractivity contribution in [2.24, 2.45) is 0 Å². The highest BCUT2D eigenvalue weighted by atomic mass is 35.5. The molecule has 0 radical (unpaired) electrons. The molecular formula is C15H14Cl2FN. The van der Waals surface area contributed by atoms with Gasteiger partial charge in [0.25, 0.3) is 0 Å². The van der Waals surface area contributed by atoms with Crippen molar-refractivity contribution in [3.63, 3.8) is 0 Å². The molecular weight excluding hydrogens is 284 g/mol. The Hall–Kier alpha value is -1.25. The monoisotopic (exact) mass is 297 g/mol. The van der Waals surface area contributed by atoms with Crippen LogP contribution in [0.1, 0.15) is 11.1 Å². The molecule has 0 saturated carbocycles. The van der Waals surface area contributed by atoms with Crippen LogP contribution in [0.4, 0.5) is 10.1 Å². The summed E-state index contributed by atoms with van der Waals surface area (Å²) in [4.78, 5) is 0. The van der Waals surface area contributed by atoms with Crippen LogP contribution in [0.5, 0.6) is 0 Å². The standard InChI is InChI=1S/C15H14Cl2FN/c16-8-7-11-1-4-13(5-2-11)19-10-12-3-6-14(17)15(18)9-12/h1-6,9,19H,7-8,10H2. The zero-order chi connectivity index (χ0) is 13.7. The molecule has 1 nitrogen and oxygen atoms in total. The van der Waals surface area contributed by atoms with Gasteiger partial charge in [0, 0.05) is 18.1 Å².